The van der Waals surface area contributed by atoms with Crippen LogP contribution in [0.25, 0.3) is 0 Å². The maximum absolute atomic E-state index is 10.7. The Labute approximate surface area is 86.3 Å². The van der Waals surface area contributed by atoms with Crippen molar-refractivity contribution in [1.82, 2.24) is 0 Å². The highest BCUT2D eigenvalue weighted by atomic mass is 16.5. The molecule has 0 heterocycles. The summed E-state index contributed by atoms with van der Waals surface area (Å²) in [5.41, 5.74) is 1.49. The Morgan fingerprint density at radius 2 is 2.21 bits per heavy atom. The van der Waals surface area contributed by atoms with E-state index < -0.39 is 0 Å². The van der Waals surface area contributed by atoms with Gasteiger partial charge in [0, 0.05) is 12.8 Å². The number of ether oxygens (including phenoxy) is 1. The zero-order chi connectivity index (χ0) is 10.9. The Morgan fingerprint density at radius 3 is 2.57 bits per heavy atom. The quantitative estimate of drug-likeness (QED) is 0.501. The van der Waals surface area contributed by atoms with Gasteiger partial charge in [-0.15, -0.1) is 0 Å². The molecule has 1 aliphatic carbocycles. The van der Waals surface area contributed by atoms with Crippen LogP contribution in [-0.2, 0) is 9.53 Å². The van der Waals surface area contributed by atoms with Crippen LogP contribution in [0.5, 0.6) is 0 Å². The van der Waals surface area contributed by atoms with Gasteiger partial charge in [-0.3, -0.25) is 4.79 Å². The highest BCUT2D eigenvalue weighted by Gasteiger charge is 2.42. The molecule has 14 heavy (non-hydrogen) atoms. The van der Waals surface area contributed by atoms with Gasteiger partial charge in [-0.05, 0) is 17.8 Å². The van der Waals surface area contributed by atoms with Crippen LogP contribution in [-0.4, -0.2) is 12.6 Å². The van der Waals surface area contributed by atoms with Crippen molar-refractivity contribution in [2.75, 3.05) is 6.61 Å². The molecular formula is C12H20O2. The fourth-order valence-electron chi connectivity index (χ4n) is 2.13. The van der Waals surface area contributed by atoms with Crippen LogP contribution in [0.3, 0.4) is 0 Å². The van der Waals surface area contributed by atoms with Gasteiger partial charge in [0.1, 0.15) is 0 Å². The molecule has 0 aromatic heterocycles. The Hall–Kier alpha value is -0.790. The van der Waals surface area contributed by atoms with Gasteiger partial charge in [-0.25, -0.2) is 0 Å². The van der Waals surface area contributed by atoms with Crippen LogP contribution in [0.2, 0.25) is 0 Å². The second-order valence-electron chi connectivity index (χ2n) is 4.90. The Morgan fingerprint density at radius 1 is 1.64 bits per heavy atom. The van der Waals surface area contributed by atoms with Crippen molar-refractivity contribution in [2.45, 2.75) is 34.1 Å². The average molecular weight is 196 g/mol. The second-order valence-corrected chi connectivity index (χ2v) is 4.90. The molecule has 2 atom stereocenters. The summed E-state index contributed by atoms with van der Waals surface area (Å²) in [5, 5.41) is 0. The number of hydrogen-bond donors (Lipinski definition) is 0. The van der Waals surface area contributed by atoms with E-state index in [1.165, 1.54) is 12.5 Å². The van der Waals surface area contributed by atoms with E-state index in [0.29, 0.717) is 18.4 Å². The molecule has 0 spiro atoms. The molecule has 0 saturated heterocycles. The van der Waals surface area contributed by atoms with E-state index in [-0.39, 0.29) is 11.4 Å². The van der Waals surface area contributed by atoms with E-state index in [1.54, 1.807) is 0 Å². The molecule has 0 N–H and O–H groups in total. The molecule has 0 bridgehead atoms. The van der Waals surface area contributed by atoms with Crippen molar-refractivity contribution in [3.05, 3.63) is 12.2 Å². The van der Waals surface area contributed by atoms with Crippen LogP contribution < -0.4 is 0 Å². The summed E-state index contributed by atoms with van der Waals surface area (Å²) in [6.07, 6.45) is 0.988. The fraction of sp³-hybridized carbons (Fsp3) is 0.750. The lowest BCUT2D eigenvalue weighted by atomic mass is 9.76. The first-order chi connectivity index (χ1) is 6.35. The van der Waals surface area contributed by atoms with Crippen LogP contribution in [0, 0.1) is 17.3 Å². The van der Waals surface area contributed by atoms with E-state index in [1.807, 2.05) is 0 Å². The lowest BCUT2D eigenvalue weighted by Crippen LogP contribution is -2.27. The fourth-order valence-corrected chi connectivity index (χ4v) is 2.13. The third-order valence-electron chi connectivity index (χ3n) is 3.78. The molecule has 1 aliphatic rings. The predicted octanol–water partition coefficient (Wildman–Crippen LogP) is 2.79. The highest BCUT2D eigenvalue weighted by Crippen LogP contribution is 2.49. The lowest BCUT2D eigenvalue weighted by molar-refractivity contribution is -0.143. The first-order valence-corrected chi connectivity index (χ1v) is 5.16. The molecule has 2 heteroatoms. The van der Waals surface area contributed by atoms with Crippen LogP contribution in [0.15, 0.2) is 12.2 Å². The molecule has 1 fully saturated rings. The number of carbonyl (C=O) groups is 1. The van der Waals surface area contributed by atoms with Gasteiger partial charge in [0.05, 0.1) is 6.61 Å². The molecular weight excluding hydrogens is 176 g/mol. The number of esters is 1. The van der Waals surface area contributed by atoms with Gasteiger partial charge in [0.2, 0.25) is 0 Å². The first-order valence-electron chi connectivity index (χ1n) is 5.16. The largest absolute Gasteiger partial charge is 0.466 e. The van der Waals surface area contributed by atoms with Crippen molar-refractivity contribution >= 4 is 5.97 Å². The summed E-state index contributed by atoms with van der Waals surface area (Å²) in [6, 6.07) is 0. The van der Waals surface area contributed by atoms with Gasteiger partial charge in [-0.2, -0.15) is 0 Å². The lowest BCUT2D eigenvalue weighted by Gasteiger charge is -2.30. The van der Waals surface area contributed by atoms with Crippen molar-refractivity contribution in [2.24, 2.45) is 17.3 Å². The molecule has 0 aliphatic heterocycles. The van der Waals surface area contributed by atoms with Gasteiger partial charge < -0.3 is 4.74 Å². The van der Waals surface area contributed by atoms with E-state index in [0.717, 1.165) is 6.42 Å². The predicted molar refractivity (Wildman–Crippen MR) is 56.8 cm³/mol. The molecule has 0 amide bonds. The molecule has 0 aromatic rings. The summed E-state index contributed by atoms with van der Waals surface area (Å²) < 4.78 is 5.08. The maximum Gasteiger partial charge on any atom is 0.302 e. The summed E-state index contributed by atoms with van der Waals surface area (Å²) in [7, 11) is 0. The van der Waals surface area contributed by atoms with Crippen molar-refractivity contribution in [1.29, 1.82) is 0 Å². The summed E-state index contributed by atoms with van der Waals surface area (Å²) >= 11 is 0. The maximum atomic E-state index is 10.7. The second kappa shape index (κ2) is 3.76. The first kappa shape index (κ1) is 11.3. The third kappa shape index (κ3) is 1.99. The SMILES string of the molecule is C=C1CC(COC(C)=O)C(C)(C)C1C. The van der Waals surface area contributed by atoms with Crippen molar-refractivity contribution in [3.63, 3.8) is 0 Å². The van der Waals surface area contributed by atoms with Gasteiger partial charge in [0.25, 0.3) is 0 Å². The topological polar surface area (TPSA) is 26.3 Å². The van der Waals surface area contributed by atoms with E-state index in [9.17, 15) is 4.79 Å². The Bertz CT molecular complexity index is 253. The van der Waals surface area contributed by atoms with Crippen LogP contribution in [0.4, 0.5) is 0 Å². The van der Waals surface area contributed by atoms with Crippen molar-refractivity contribution < 1.29 is 9.53 Å². The standard InChI is InChI=1S/C12H20O2/c1-8-6-11(7-14-10(3)13)12(4,5)9(8)2/h9,11H,1,6-7H2,2-5H3. The normalized spacial score (nSPS) is 30.4. The Balaban J connectivity index is 2.63. The van der Waals surface area contributed by atoms with E-state index in [4.69, 9.17) is 4.74 Å². The summed E-state index contributed by atoms with van der Waals surface area (Å²) in [5.74, 6) is 0.753. The zero-order valence-corrected chi connectivity index (χ0v) is 9.59. The minimum atomic E-state index is -0.189. The van der Waals surface area contributed by atoms with Gasteiger partial charge in [-0.1, -0.05) is 32.9 Å². The zero-order valence-electron chi connectivity index (χ0n) is 9.59. The van der Waals surface area contributed by atoms with Crippen LogP contribution >= 0.6 is 0 Å². The minimum Gasteiger partial charge on any atom is -0.466 e. The smallest absolute Gasteiger partial charge is 0.302 e. The molecule has 1 rings (SSSR count). The molecule has 2 nitrogen and oxygen atoms in total. The number of hydrogen-bond acceptors (Lipinski definition) is 2. The minimum absolute atomic E-state index is 0.189. The number of allylic oxidation sites excluding steroid dienone is 1. The van der Waals surface area contributed by atoms with Gasteiger partial charge >= 0.3 is 5.97 Å². The summed E-state index contributed by atoms with van der Waals surface area (Å²) in [4.78, 5) is 10.7. The third-order valence-corrected chi connectivity index (χ3v) is 3.78. The molecule has 2 unspecified atom stereocenters. The summed E-state index contributed by atoms with van der Waals surface area (Å²) in [6.45, 7) is 12.7. The van der Waals surface area contributed by atoms with Gasteiger partial charge in [0.15, 0.2) is 0 Å². The molecule has 80 valence electrons. The number of rotatable bonds is 2. The van der Waals surface area contributed by atoms with Crippen LogP contribution in [0.1, 0.15) is 34.1 Å². The van der Waals surface area contributed by atoms with Crippen molar-refractivity contribution in [3.8, 4) is 0 Å². The molecule has 0 aromatic carbocycles. The number of carbonyl (C=O) groups excluding carboxylic acids is 1. The van der Waals surface area contributed by atoms with E-state index >= 15 is 0 Å². The highest BCUT2D eigenvalue weighted by molar-refractivity contribution is 5.65. The van der Waals surface area contributed by atoms with E-state index in [2.05, 4.69) is 27.4 Å². The molecule has 1 saturated carbocycles. The average Bonchev–Trinajstić information content (AvgIpc) is 2.26. The Kier molecular flexibility index (Phi) is 3.03. The monoisotopic (exact) mass is 196 g/mol. The molecule has 0 radical (unpaired) electrons.